The minimum absolute atomic E-state index is 0.0598. The Morgan fingerprint density at radius 1 is 1.29 bits per heavy atom. The minimum Gasteiger partial charge on any atom is -0.360 e. The van der Waals surface area contributed by atoms with Crippen LogP contribution in [0.4, 0.5) is 5.69 Å². The van der Waals surface area contributed by atoms with E-state index >= 15 is 0 Å². The Labute approximate surface area is 144 Å². The van der Waals surface area contributed by atoms with Crippen LogP contribution in [-0.4, -0.2) is 27.0 Å². The van der Waals surface area contributed by atoms with Crippen LogP contribution in [0.2, 0.25) is 0 Å². The van der Waals surface area contributed by atoms with Crippen LogP contribution in [0.3, 0.4) is 0 Å². The molecule has 3 aromatic rings. The fourth-order valence-electron chi connectivity index (χ4n) is 2.28. The molecule has 0 spiro atoms. The normalized spacial score (nSPS) is 10.8. The molecule has 0 aliphatic heterocycles. The fourth-order valence-corrected chi connectivity index (χ4v) is 2.98. The maximum absolute atomic E-state index is 12.0. The van der Waals surface area contributed by atoms with Crippen molar-refractivity contribution in [1.29, 1.82) is 0 Å². The molecule has 0 fully saturated rings. The second-order valence-electron chi connectivity index (χ2n) is 5.39. The van der Waals surface area contributed by atoms with E-state index in [1.165, 1.54) is 11.8 Å². The first-order valence-corrected chi connectivity index (χ1v) is 8.69. The van der Waals surface area contributed by atoms with Crippen molar-refractivity contribution in [1.82, 2.24) is 15.4 Å². The lowest BCUT2D eigenvalue weighted by molar-refractivity contribution is -0.113. The summed E-state index contributed by atoms with van der Waals surface area (Å²) < 4.78 is 5.33. The van der Waals surface area contributed by atoms with E-state index in [9.17, 15) is 4.79 Å². The molecular formula is C17H18N4O2S. The molecule has 0 radical (unpaired) electrons. The van der Waals surface area contributed by atoms with Gasteiger partial charge in [0.25, 0.3) is 0 Å². The molecule has 0 saturated heterocycles. The molecule has 2 heterocycles. The van der Waals surface area contributed by atoms with Crippen molar-refractivity contribution < 1.29 is 9.32 Å². The van der Waals surface area contributed by atoms with Crippen molar-refractivity contribution in [3.8, 4) is 11.3 Å². The van der Waals surface area contributed by atoms with Crippen LogP contribution >= 0.6 is 11.8 Å². The number of hydrogen-bond donors (Lipinski definition) is 2. The average Bonchev–Trinajstić information content (AvgIpc) is 3.18. The first-order chi connectivity index (χ1) is 11.6. The molecule has 3 rings (SSSR count). The second kappa shape index (κ2) is 7.35. The summed E-state index contributed by atoms with van der Waals surface area (Å²) in [6.45, 7) is 3.73. The molecule has 0 aliphatic carbocycles. The van der Waals surface area contributed by atoms with E-state index in [-0.39, 0.29) is 5.91 Å². The predicted octanol–water partition coefficient (Wildman–Crippen LogP) is 3.55. The molecule has 124 valence electrons. The largest absolute Gasteiger partial charge is 0.360 e. The van der Waals surface area contributed by atoms with Gasteiger partial charge in [-0.1, -0.05) is 35.5 Å². The number of aromatic amines is 1. The van der Waals surface area contributed by atoms with Gasteiger partial charge in [0.05, 0.1) is 28.6 Å². The van der Waals surface area contributed by atoms with E-state index in [0.717, 1.165) is 34.1 Å². The van der Waals surface area contributed by atoms with Gasteiger partial charge >= 0.3 is 0 Å². The molecule has 6 nitrogen and oxygen atoms in total. The number of nitrogens with zero attached hydrogens (tertiary/aromatic N) is 2. The Bertz CT molecular complexity index is 807. The van der Waals surface area contributed by atoms with Gasteiger partial charge in [0.2, 0.25) is 5.91 Å². The van der Waals surface area contributed by atoms with E-state index in [1.54, 1.807) is 0 Å². The van der Waals surface area contributed by atoms with Crippen LogP contribution in [0.1, 0.15) is 17.1 Å². The summed E-state index contributed by atoms with van der Waals surface area (Å²) in [5, 5.41) is 13.8. The van der Waals surface area contributed by atoms with Crippen molar-refractivity contribution in [2.45, 2.75) is 19.6 Å². The molecule has 2 aromatic heterocycles. The number of benzene rings is 1. The number of carbonyl (C=O) groups excluding carboxylic acids is 1. The molecule has 0 aliphatic rings. The lowest BCUT2D eigenvalue weighted by Crippen LogP contribution is -2.15. The zero-order valence-electron chi connectivity index (χ0n) is 13.5. The van der Waals surface area contributed by atoms with E-state index in [4.69, 9.17) is 4.52 Å². The maximum atomic E-state index is 12.0. The quantitative estimate of drug-likeness (QED) is 0.716. The van der Waals surface area contributed by atoms with Gasteiger partial charge in [-0.3, -0.25) is 9.89 Å². The third kappa shape index (κ3) is 3.86. The maximum Gasteiger partial charge on any atom is 0.234 e. The molecule has 0 bridgehead atoms. The summed E-state index contributed by atoms with van der Waals surface area (Å²) in [6.07, 6.45) is 0. The zero-order chi connectivity index (χ0) is 16.9. The Kier molecular flexibility index (Phi) is 5.00. The van der Waals surface area contributed by atoms with Crippen molar-refractivity contribution in [3.05, 3.63) is 53.5 Å². The summed E-state index contributed by atoms with van der Waals surface area (Å²) in [5.41, 5.74) is 4.22. The van der Waals surface area contributed by atoms with Gasteiger partial charge in [-0.25, -0.2) is 0 Å². The standard InChI is InChI=1S/C17H18N4O2S/c1-11-17(12(2)20-19-11)18-16(22)10-24-9-14-8-15(21-23-14)13-6-4-3-5-7-13/h3-8H,9-10H2,1-2H3,(H,18,22)(H,19,20). The molecule has 2 N–H and O–H groups in total. The zero-order valence-corrected chi connectivity index (χ0v) is 14.3. The molecule has 0 unspecified atom stereocenters. The Balaban J connectivity index is 1.50. The SMILES string of the molecule is Cc1n[nH]c(C)c1NC(=O)CSCc1cc(-c2ccccc2)no1. The number of hydrogen-bond acceptors (Lipinski definition) is 5. The second-order valence-corrected chi connectivity index (χ2v) is 6.38. The third-order valence-electron chi connectivity index (χ3n) is 3.50. The van der Waals surface area contributed by atoms with Crippen LogP contribution in [0, 0.1) is 13.8 Å². The number of amides is 1. The highest BCUT2D eigenvalue weighted by Gasteiger charge is 2.11. The summed E-state index contributed by atoms with van der Waals surface area (Å²) in [5.74, 6) is 1.62. The van der Waals surface area contributed by atoms with Crippen LogP contribution in [-0.2, 0) is 10.5 Å². The third-order valence-corrected chi connectivity index (χ3v) is 4.45. The first kappa shape index (κ1) is 16.3. The molecule has 7 heteroatoms. The van der Waals surface area contributed by atoms with Crippen molar-refractivity contribution in [3.63, 3.8) is 0 Å². The van der Waals surface area contributed by atoms with Crippen LogP contribution in [0.25, 0.3) is 11.3 Å². The number of nitrogens with one attached hydrogen (secondary N) is 2. The first-order valence-electron chi connectivity index (χ1n) is 7.53. The molecule has 0 saturated carbocycles. The number of carbonyl (C=O) groups is 1. The van der Waals surface area contributed by atoms with Crippen molar-refractivity contribution >= 4 is 23.4 Å². The van der Waals surface area contributed by atoms with Gasteiger partial charge in [-0.05, 0) is 13.8 Å². The van der Waals surface area contributed by atoms with E-state index in [0.29, 0.717) is 11.5 Å². The highest BCUT2D eigenvalue weighted by Crippen LogP contribution is 2.22. The van der Waals surface area contributed by atoms with Gasteiger partial charge in [-0.15, -0.1) is 11.8 Å². The summed E-state index contributed by atoms with van der Waals surface area (Å²) in [7, 11) is 0. The van der Waals surface area contributed by atoms with Gasteiger partial charge in [0.1, 0.15) is 11.5 Å². The fraction of sp³-hybridized carbons (Fsp3) is 0.235. The molecule has 1 amide bonds. The van der Waals surface area contributed by atoms with Crippen LogP contribution in [0.15, 0.2) is 40.9 Å². The Morgan fingerprint density at radius 3 is 2.79 bits per heavy atom. The number of anilines is 1. The topological polar surface area (TPSA) is 83.8 Å². The van der Waals surface area contributed by atoms with Gasteiger partial charge in [0, 0.05) is 11.6 Å². The number of aryl methyl sites for hydroxylation is 2. The van der Waals surface area contributed by atoms with Crippen LogP contribution < -0.4 is 5.32 Å². The summed E-state index contributed by atoms with van der Waals surface area (Å²) in [4.78, 5) is 12.0. The summed E-state index contributed by atoms with van der Waals surface area (Å²) in [6, 6.07) is 11.8. The molecular weight excluding hydrogens is 324 g/mol. The number of H-pyrrole nitrogens is 1. The number of thioether (sulfide) groups is 1. The van der Waals surface area contributed by atoms with E-state index < -0.39 is 0 Å². The Morgan fingerprint density at radius 2 is 2.08 bits per heavy atom. The monoisotopic (exact) mass is 342 g/mol. The van der Waals surface area contributed by atoms with Gasteiger partial charge in [-0.2, -0.15) is 5.10 Å². The number of rotatable bonds is 6. The highest BCUT2D eigenvalue weighted by atomic mass is 32.2. The van der Waals surface area contributed by atoms with E-state index in [1.807, 2.05) is 50.2 Å². The van der Waals surface area contributed by atoms with E-state index in [2.05, 4.69) is 20.7 Å². The average molecular weight is 342 g/mol. The predicted molar refractivity (Wildman–Crippen MR) is 94.8 cm³/mol. The van der Waals surface area contributed by atoms with Crippen molar-refractivity contribution in [2.24, 2.45) is 0 Å². The lowest BCUT2D eigenvalue weighted by Gasteiger charge is -2.04. The molecule has 0 atom stereocenters. The van der Waals surface area contributed by atoms with Crippen LogP contribution in [0.5, 0.6) is 0 Å². The minimum atomic E-state index is -0.0598. The van der Waals surface area contributed by atoms with Crippen molar-refractivity contribution in [2.75, 3.05) is 11.1 Å². The molecule has 24 heavy (non-hydrogen) atoms. The number of aromatic nitrogens is 3. The highest BCUT2D eigenvalue weighted by molar-refractivity contribution is 7.99. The lowest BCUT2D eigenvalue weighted by atomic mass is 10.1. The smallest absolute Gasteiger partial charge is 0.234 e. The molecule has 1 aromatic carbocycles. The Hall–Kier alpha value is -2.54. The van der Waals surface area contributed by atoms with Gasteiger partial charge in [0.15, 0.2) is 0 Å². The summed E-state index contributed by atoms with van der Waals surface area (Å²) >= 11 is 1.48. The van der Waals surface area contributed by atoms with Gasteiger partial charge < -0.3 is 9.84 Å².